The van der Waals surface area contributed by atoms with Crippen LogP contribution in [0.5, 0.6) is 0 Å². The first-order valence-corrected chi connectivity index (χ1v) is 9.90. The Morgan fingerprint density at radius 3 is 2.66 bits per heavy atom. The predicted molar refractivity (Wildman–Crippen MR) is 110 cm³/mol. The number of benzene rings is 1. The molecular formula is C20H18N4O4S. The van der Waals surface area contributed by atoms with E-state index in [-0.39, 0.29) is 29.5 Å². The second kappa shape index (κ2) is 7.25. The SMILES string of the molecule is Cc1csc2nc(COC(=O)c3nn(C(C)C)c(=O)c4ccccc34)cc(=O)n12. The van der Waals surface area contributed by atoms with Gasteiger partial charge in [-0.2, -0.15) is 5.10 Å². The first-order chi connectivity index (χ1) is 13.9. The highest BCUT2D eigenvalue weighted by molar-refractivity contribution is 7.15. The molecule has 29 heavy (non-hydrogen) atoms. The van der Waals surface area contributed by atoms with Crippen molar-refractivity contribution in [3.63, 3.8) is 0 Å². The second-order valence-corrected chi connectivity index (χ2v) is 7.73. The first kappa shape index (κ1) is 19.0. The third-order valence-corrected chi connectivity index (χ3v) is 5.43. The summed E-state index contributed by atoms with van der Waals surface area (Å²) in [5, 5.41) is 6.89. The molecule has 0 fully saturated rings. The van der Waals surface area contributed by atoms with Crippen molar-refractivity contribution in [2.75, 3.05) is 0 Å². The Balaban J connectivity index is 1.69. The van der Waals surface area contributed by atoms with Gasteiger partial charge in [-0.3, -0.25) is 14.0 Å². The van der Waals surface area contributed by atoms with Crippen molar-refractivity contribution in [3.05, 3.63) is 73.5 Å². The smallest absolute Gasteiger partial charge is 0.359 e. The lowest BCUT2D eigenvalue weighted by Gasteiger charge is -2.13. The van der Waals surface area contributed by atoms with E-state index in [1.54, 1.807) is 24.3 Å². The number of rotatable bonds is 4. The van der Waals surface area contributed by atoms with Crippen molar-refractivity contribution in [2.45, 2.75) is 33.4 Å². The summed E-state index contributed by atoms with van der Waals surface area (Å²) in [7, 11) is 0. The van der Waals surface area contributed by atoms with Crippen LogP contribution in [0.1, 0.15) is 41.8 Å². The molecule has 3 aromatic heterocycles. The molecule has 0 saturated heterocycles. The summed E-state index contributed by atoms with van der Waals surface area (Å²) in [5.74, 6) is -0.681. The van der Waals surface area contributed by atoms with Gasteiger partial charge >= 0.3 is 5.97 Å². The van der Waals surface area contributed by atoms with Crippen molar-refractivity contribution in [1.29, 1.82) is 0 Å². The van der Waals surface area contributed by atoms with Crippen molar-refractivity contribution in [3.8, 4) is 0 Å². The predicted octanol–water partition coefficient (Wildman–Crippen LogP) is 2.71. The van der Waals surface area contributed by atoms with Gasteiger partial charge in [0.2, 0.25) is 0 Å². The lowest BCUT2D eigenvalue weighted by Crippen LogP contribution is -2.28. The fourth-order valence-corrected chi connectivity index (χ4v) is 3.98. The Morgan fingerprint density at radius 2 is 1.93 bits per heavy atom. The largest absolute Gasteiger partial charge is 0.454 e. The summed E-state index contributed by atoms with van der Waals surface area (Å²) in [4.78, 5) is 42.5. The van der Waals surface area contributed by atoms with Gasteiger partial charge in [0, 0.05) is 22.5 Å². The molecule has 0 N–H and O–H groups in total. The number of carbonyl (C=O) groups excluding carboxylic acids is 1. The Bertz CT molecular complexity index is 1370. The van der Waals surface area contributed by atoms with Crippen LogP contribution in [0.15, 0.2) is 45.3 Å². The van der Waals surface area contributed by atoms with E-state index in [0.717, 1.165) is 5.69 Å². The molecular weight excluding hydrogens is 392 g/mol. The molecule has 0 saturated carbocycles. The molecule has 0 aliphatic carbocycles. The quantitative estimate of drug-likeness (QED) is 0.480. The third-order valence-electron chi connectivity index (χ3n) is 4.49. The minimum absolute atomic E-state index is 0.0543. The average molecular weight is 410 g/mol. The highest BCUT2D eigenvalue weighted by Crippen LogP contribution is 2.17. The van der Waals surface area contributed by atoms with Crippen molar-refractivity contribution in [2.24, 2.45) is 0 Å². The Morgan fingerprint density at radius 1 is 1.21 bits per heavy atom. The molecule has 4 aromatic rings. The average Bonchev–Trinajstić information content (AvgIpc) is 3.07. The van der Waals surface area contributed by atoms with Gasteiger partial charge in [0.1, 0.15) is 6.61 Å². The standard InChI is InChI=1S/C20H18N4O4S/c1-11(2)24-18(26)15-7-5-4-6-14(15)17(22-24)19(27)28-9-13-8-16(25)23-12(3)10-29-20(23)21-13/h4-8,10-11H,9H2,1-3H3. The van der Waals surface area contributed by atoms with Crippen LogP contribution in [0.25, 0.3) is 15.7 Å². The number of thiazole rings is 1. The lowest BCUT2D eigenvalue weighted by atomic mass is 10.1. The molecule has 0 bridgehead atoms. The maximum atomic E-state index is 12.8. The van der Waals surface area contributed by atoms with Gasteiger partial charge in [-0.1, -0.05) is 18.2 Å². The number of hydrogen-bond donors (Lipinski definition) is 0. The maximum Gasteiger partial charge on any atom is 0.359 e. The Kier molecular flexibility index (Phi) is 4.75. The van der Waals surface area contributed by atoms with E-state index < -0.39 is 5.97 Å². The molecule has 8 nitrogen and oxygen atoms in total. The van der Waals surface area contributed by atoms with Crippen LogP contribution < -0.4 is 11.1 Å². The Labute approximate surface area is 169 Å². The lowest BCUT2D eigenvalue weighted by molar-refractivity contribution is 0.0460. The highest BCUT2D eigenvalue weighted by atomic mass is 32.1. The van der Waals surface area contributed by atoms with Gasteiger partial charge in [0.25, 0.3) is 11.1 Å². The van der Waals surface area contributed by atoms with E-state index in [2.05, 4.69) is 10.1 Å². The number of aryl methyl sites for hydroxylation is 1. The highest BCUT2D eigenvalue weighted by Gasteiger charge is 2.19. The van der Waals surface area contributed by atoms with Crippen LogP contribution in [0.2, 0.25) is 0 Å². The van der Waals surface area contributed by atoms with Crippen LogP contribution in [-0.2, 0) is 11.3 Å². The molecule has 0 unspecified atom stereocenters. The molecule has 0 aliphatic rings. The zero-order valence-corrected chi connectivity index (χ0v) is 16.9. The molecule has 0 spiro atoms. The van der Waals surface area contributed by atoms with Crippen LogP contribution in [0.4, 0.5) is 0 Å². The molecule has 0 radical (unpaired) electrons. The van der Waals surface area contributed by atoms with Crippen molar-refractivity contribution >= 4 is 33.0 Å². The molecule has 9 heteroatoms. The number of hydrogen-bond acceptors (Lipinski definition) is 7. The number of carbonyl (C=O) groups is 1. The van der Waals surface area contributed by atoms with Crippen molar-refractivity contribution < 1.29 is 9.53 Å². The van der Waals surface area contributed by atoms with Gasteiger partial charge in [-0.15, -0.1) is 11.3 Å². The number of nitrogens with zero attached hydrogens (tertiary/aromatic N) is 4. The number of fused-ring (bicyclic) bond motifs is 2. The van der Waals surface area contributed by atoms with E-state index >= 15 is 0 Å². The van der Waals surface area contributed by atoms with E-state index in [1.165, 1.54) is 26.5 Å². The zero-order chi connectivity index (χ0) is 20.7. The van der Waals surface area contributed by atoms with Crippen LogP contribution in [0, 0.1) is 6.92 Å². The van der Waals surface area contributed by atoms with Gasteiger partial charge in [0.05, 0.1) is 17.1 Å². The van der Waals surface area contributed by atoms with Gasteiger partial charge in [-0.25, -0.2) is 14.5 Å². The molecule has 0 aliphatic heterocycles. The molecule has 148 valence electrons. The third kappa shape index (κ3) is 3.33. The van der Waals surface area contributed by atoms with Crippen molar-refractivity contribution in [1.82, 2.24) is 19.2 Å². The summed E-state index contributed by atoms with van der Waals surface area (Å²) in [6, 6.07) is 7.92. The van der Waals surface area contributed by atoms with Crippen LogP contribution in [-0.4, -0.2) is 25.1 Å². The molecule has 4 rings (SSSR count). The maximum absolute atomic E-state index is 12.8. The van der Waals surface area contributed by atoms with Gasteiger partial charge in [0.15, 0.2) is 10.7 Å². The first-order valence-electron chi connectivity index (χ1n) is 9.02. The summed E-state index contributed by atoms with van der Waals surface area (Å²) in [6.07, 6.45) is 0. The molecule has 0 amide bonds. The van der Waals surface area contributed by atoms with Gasteiger partial charge in [-0.05, 0) is 26.8 Å². The molecule has 0 atom stereocenters. The fraction of sp³-hybridized carbons (Fsp3) is 0.250. The summed E-state index contributed by atoms with van der Waals surface area (Å²) in [6.45, 7) is 5.28. The van der Waals surface area contributed by atoms with E-state index in [0.29, 0.717) is 21.4 Å². The van der Waals surface area contributed by atoms with Gasteiger partial charge < -0.3 is 4.74 Å². The minimum atomic E-state index is -0.681. The molecule has 3 heterocycles. The summed E-state index contributed by atoms with van der Waals surface area (Å²) < 4.78 is 8.16. The number of aromatic nitrogens is 4. The normalized spacial score (nSPS) is 11.4. The second-order valence-electron chi connectivity index (χ2n) is 6.89. The molecule has 1 aromatic carbocycles. The monoisotopic (exact) mass is 410 g/mol. The Hall–Kier alpha value is -3.33. The summed E-state index contributed by atoms with van der Waals surface area (Å²) in [5.41, 5.74) is 0.722. The number of ether oxygens (including phenoxy) is 1. The fourth-order valence-electron chi connectivity index (χ4n) is 3.09. The topological polar surface area (TPSA) is 95.6 Å². The van der Waals surface area contributed by atoms with Crippen LogP contribution in [0.3, 0.4) is 0 Å². The van der Waals surface area contributed by atoms with E-state index in [9.17, 15) is 14.4 Å². The number of esters is 1. The van der Waals surface area contributed by atoms with E-state index in [4.69, 9.17) is 4.74 Å². The van der Waals surface area contributed by atoms with Crippen LogP contribution >= 0.6 is 11.3 Å². The zero-order valence-electron chi connectivity index (χ0n) is 16.1. The van der Waals surface area contributed by atoms with E-state index in [1.807, 2.05) is 26.2 Å². The summed E-state index contributed by atoms with van der Waals surface area (Å²) >= 11 is 1.34. The minimum Gasteiger partial charge on any atom is -0.454 e.